The highest BCUT2D eigenvalue weighted by Gasteiger charge is 2.27. The molecule has 1 heterocycles. The molecule has 0 amide bonds. The van der Waals surface area contributed by atoms with Crippen molar-refractivity contribution in [1.29, 1.82) is 0 Å². The minimum absolute atomic E-state index is 0.0121. The first-order valence-corrected chi connectivity index (χ1v) is 11.9. The maximum absolute atomic E-state index is 13.0. The fourth-order valence-electron chi connectivity index (χ4n) is 2.82. The van der Waals surface area contributed by atoms with E-state index in [1.54, 1.807) is 45.0 Å². The first-order chi connectivity index (χ1) is 15.0. The zero-order chi connectivity index (χ0) is 23.6. The number of halogens is 2. The van der Waals surface area contributed by atoms with Gasteiger partial charge in [0.1, 0.15) is 4.90 Å². The number of carbonyl (C=O) groups is 1. The number of aromatic nitrogens is 2. The lowest BCUT2D eigenvalue weighted by molar-refractivity contribution is 0.0515. The van der Waals surface area contributed by atoms with E-state index in [0.29, 0.717) is 26.3 Å². The molecule has 0 aliphatic carbocycles. The van der Waals surface area contributed by atoms with Crippen molar-refractivity contribution in [3.05, 3.63) is 79.1 Å². The number of aryl methyl sites for hydroxylation is 2. The average molecular weight is 542 g/mol. The van der Waals surface area contributed by atoms with E-state index in [9.17, 15) is 18.0 Å². The molecule has 0 radical (unpaired) electrons. The second-order valence-corrected chi connectivity index (χ2v) is 9.55. The largest absolute Gasteiger partial charge is 0.461 e. The Balaban J connectivity index is 2.15. The fourth-order valence-corrected chi connectivity index (χ4v) is 4.66. The molecule has 8 nitrogen and oxygen atoms in total. The maximum Gasteiger partial charge on any atom is 0.362 e. The molecule has 0 bridgehead atoms. The Bertz CT molecular complexity index is 1370. The number of benzene rings is 2. The highest BCUT2D eigenvalue weighted by molar-refractivity contribution is 9.10. The SMILES string of the molecule is CCOC(=O)c1nn(-c2cccc(Br)c2)c(=O)cc1OS(=O)(=O)c1cc(C)c(Cl)cc1C. The second kappa shape index (κ2) is 9.43. The predicted molar refractivity (Wildman–Crippen MR) is 122 cm³/mol. The molecule has 3 rings (SSSR count). The summed E-state index contributed by atoms with van der Waals surface area (Å²) in [5.74, 6) is -1.47. The Kier molecular flexibility index (Phi) is 7.06. The Morgan fingerprint density at radius 2 is 1.88 bits per heavy atom. The normalized spacial score (nSPS) is 11.3. The van der Waals surface area contributed by atoms with Crippen LogP contribution in [0.1, 0.15) is 28.5 Å². The van der Waals surface area contributed by atoms with Crippen LogP contribution in [0.4, 0.5) is 0 Å². The van der Waals surface area contributed by atoms with Crippen LogP contribution in [0.2, 0.25) is 5.02 Å². The number of carbonyl (C=O) groups excluding carboxylic acids is 1. The summed E-state index contributed by atoms with van der Waals surface area (Å²) < 4.78 is 37.8. The number of esters is 1. The topological polar surface area (TPSA) is 105 Å². The lowest BCUT2D eigenvalue weighted by Gasteiger charge is -2.14. The third kappa shape index (κ3) is 5.03. The Morgan fingerprint density at radius 3 is 2.53 bits per heavy atom. The molecule has 11 heteroatoms. The van der Waals surface area contributed by atoms with Crippen LogP contribution in [0, 0.1) is 13.8 Å². The van der Waals surface area contributed by atoms with Gasteiger partial charge in [0.05, 0.1) is 18.4 Å². The van der Waals surface area contributed by atoms with Gasteiger partial charge in [-0.2, -0.15) is 18.2 Å². The molecule has 0 unspecified atom stereocenters. The Labute approximate surface area is 198 Å². The van der Waals surface area contributed by atoms with Crippen LogP contribution in [0.15, 0.2) is 56.6 Å². The summed E-state index contributed by atoms with van der Waals surface area (Å²) >= 11 is 9.36. The summed E-state index contributed by atoms with van der Waals surface area (Å²) in [4.78, 5) is 25.1. The monoisotopic (exact) mass is 540 g/mol. The van der Waals surface area contributed by atoms with Crippen molar-refractivity contribution in [1.82, 2.24) is 9.78 Å². The first kappa shape index (κ1) is 24.0. The van der Waals surface area contributed by atoms with Crippen LogP contribution in [-0.4, -0.2) is 30.8 Å². The smallest absolute Gasteiger partial charge is 0.362 e. The molecule has 0 aliphatic rings. The van der Waals surface area contributed by atoms with E-state index in [2.05, 4.69) is 21.0 Å². The summed E-state index contributed by atoms with van der Waals surface area (Å²) in [7, 11) is -4.42. The molecular weight excluding hydrogens is 524 g/mol. The van der Waals surface area contributed by atoms with Gasteiger partial charge in [0, 0.05) is 9.50 Å². The van der Waals surface area contributed by atoms with Crippen LogP contribution in [-0.2, 0) is 14.9 Å². The lowest BCUT2D eigenvalue weighted by Crippen LogP contribution is -2.26. The number of ether oxygens (including phenoxy) is 1. The van der Waals surface area contributed by atoms with Crippen molar-refractivity contribution >= 4 is 43.6 Å². The third-order valence-corrected chi connectivity index (χ3v) is 6.62. The zero-order valence-corrected chi connectivity index (χ0v) is 20.4. The minimum atomic E-state index is -4.42. The van der Waals surface area contributed by atoms with Gasteiger partial charge in [-0.1, -0.05) is 33.6 Å². The van der Waals surface area contributed by atoms with Gasteiger partial charge in [0.25, 0.3) is 5.56 Å². The van der Waals surface area contributed by atoms with E-state index in [-0.39, 0.29) is 11.5 Å². The van der Waals surface area contributed by atoms with Crippen molar-refractivity contribution < 1.29 is 22.1 Å². The van der Waals surface area contributed by atoms with E-state index in [1.165, 1.54) is 12.1 Å². The highest BCUT2D eigenvalue weighted by atomic mass is 79.9. The molecule has 168 valence electrons. The van der Waals surface area contributed by atoms with Gasteiger partial charge in [-0.15, -0.1) is 0 Å². The molecule has 1 aromatic heterocycles. The third-order valence-electron chi connectivity index (χ3n) is 4.34. The summed E-state index contributed by atoms with van der Waals surface area (Å²) in [5, 5.41) is 4.43. The maximum atomic E-state index is 13.0. The highest BCUT2D eigenvalue weighted by Crippen LogP contribution is 2.27. The predicted octanol–water partition coefficient (Wildman–Crippen LogP) is 4.21. The van der Waals surface area contributed by atoms with E-state index >= 15 is 0 Å². The van der Waals surface area contributed by atoms with Crippen molar-refractivity contribution in [3.63, 3.8) is 0 Å². The average Bonchev–Trinajstić information content (AvgIpc) is 2.70. The van der Waals surface area contributed by atoms with Crippen molar-refractivity contribution in [2.75, 3.05) is 6.61 Å². The molecule has 0 atom stereocenters. The molecule has 32 heavy (non-hydrogen) atoms. The molecule has 2 aromatic carbocycles. The van der Waals surface area contributed by atoms with Crippen LogP contribution in [0.3, 0.4) is 0 Å². The summed E-state index contributed by atoms with van der Waals surface area (Å²) in [6.45, 7) is 4.79. The number of rotatable bonds is 6. The minimum Gasteiger partial charge on any atom is -0.461 e. The molecule has 0 N–H and O–H groups in total. The second-order valence-electron chi connectivity index (χ2n) is 6.71. The first-order valence-electron chi connectivity index (χ1n) is 9.32. The van der Waals surface area contributed by atoms with Crippen molar-refractivity contribution in [2.24, 2.45) is 0 Å². The van der Waals surface area contributed by atoms with Gasteiger partial charge in [-0.3, -0.25) is 4.79 Å². The summed E-state index contributed by atoms with van der Waals surface area (Å²) in [5.41, 5.74) is 0.0548. The van der Waals surface area contributed by atoms with E-state index in [0.717, 1.165) is 10.7 Å². The van der Waals surface area contributed by atoms with E-state index in [4.69, 9.17) is 20.5 Å². The van der Waals surface area contributed by atoms with E-state index in [1.807, 2.05) is 0 Å². The van der Waals surface area contributed by atoms with Crippen LogP contribution < -0.4 is 9.74 Å². The lowest BCUT2D eigenvalue weighted by atomic mass is 10.2. The van der Waals surface area contributed by atoms with Crippen LogP contribution in [0.5, 0.6) is 5.75 Å². The summed E-state index contributed by atoms with van der Waals surface area (Å²) in [6, 6.07) is 10.4. The molecular formula is C21H18BrClN2O6S. The van der Waals surface area contributed by atoms with Gasteiger partial charge in [0.2, 0.25) is 5.69 Å². The van der Waals surface area contributed by atoms with Gasteiger partial charge in [-0.05, 0) is 62.2 Å². The molecule has 0 aliphatic heterocycles. The van der Waals surface area contributed by atoms with Crippen LogP contribution >= 0.6 is 27.5 Å². The number of nitrogens with zero attached hydrogens (tertiary/aromatic N) is 2. The van der Waals surface area contributed by atoms with Crippen molar-refractivity contribution in [2.45, 2.75) is 25.7 Å². The van der Waals surface area contributed by atoms with Gasteiger partial charge >= 0.3 is 16.1 Å². The fraction of sp³-hybridized carbons (Fsp3) is 0.190. The Hall–Kier alpha value is -2.69. The number of hydrogen-bond donors (Lipinski definition) is 0. The molecule has 0 saturated heterocycles. The van der Waals surface area contributed by atoms with Gasteiger partial charge < -0.3 is 8.92 Å². The Morgan fingerprint density at radius 1 is 1.16 bits per heavy atom. The molecule has 0 saturated carbocycles. The standard InChI is InChI=1S/C21H18BrClN2O6S/c1-4-30-21(27)20-17(11-19(26)25(24-20)15-7-5-6-14(22)10-15)31-32(28,29)18-9-12(2)16(23)8-13(18)3/h5-11H,4H2,1-3H3. The van der Waals surface area contributed by atoms with Crippen molar-refractivity contribution in [3.8, 4) is 11.4 Å². The molecule has 0 fully saturated rings. The summed E-state index contributed by atoms with van der Waals surface area (Å²) in [6.07, 6.45) is 0. The zero-order valence-electron chi connectivity index (χ0n) is 17.3. The molecule has 3 aromatic rings. The number of hydrogen-bond acceptors (Lipinski definition) is 7. The molecule has 0 spiro atoms. The quantitative estimate of drug-likeness (QED) is 0.340. The van der Waals surface area contributed by atoms with E-state index < -0.39 is 33.1 Å². The van der Waals surface area contributed by atoms with Gasteiger partial charge in [0.15, 0.2) is 5.75 Å². The van der Waals surface area contributed by atoms with Crippen LogP contribution in [0.25, 0.3) is 5.69 Å². The van der Waals surface area contributed by atoms with Gasteiger partial charge in [-0.25, -0.2) is 4.79 Å².